The van der Waals surface area contributed by atoms with Gasteiger partial charge in [0.05, 0.1) is 27.8 Å². The fourth-order valence-electron chi connectivity index (χ4n) is 8.73. The van der Waals surface area contributed by atoms with Gasteiger partial charge in [0.1, 0.15) is 22.3 Å². The van der Waals surface area contributed by atoms with Crippen LogP contribution in [-0.4, -0.2) is 0 Å². The first-order chi connectivity index (χ1) is 28.3. The van der Waals surface area contributed by atoms with Gasteiger partial charge in [0.15, 0.2) is 0 Å². The third kappa shape index (κ3) is 4.99. The lowest BCUT2D eigenvalue weighted by Gasteiger charge is -2.31. The summed E-state index contributed by atoms with van der Waals surface area (Å²) in [7, 11) is 0. The van der Waals surface area contributed by atoms with Gasteiger partial charge in [-0.3, -0.25) is 0 Å². The van der Waals surface area contributed by atoms with Crippen LogP contribution in [0.3, 0.4) is 0 Å². The predicted molar refractivity (Wildman–Crippen MR) is 241 cm³/mol. The van der Waals surface area contributed by atoms with E-state index in [2.05, 4.69) is 192 Å². The van der Waals surface area contributed by atoms with E-state index in [1.807, 2.05) is 23.5 Å². The highest BCUT2D eigenvalue weighted by Crippen LogP contribution is 2.52. The van der Waals surface area contributed by atoms with Crippen molar-refractivity contribution in [3.05, 3.63) is 194 Å². The van der Waals surface area contributed by atoms with Gasteiger partial charge in [0.2, 0.25) is 0 Å². The van der Waals surface area contributed by atoms with Gasteiger partial charge in [-0.1, -0.05) is 109 Å². The second kappa shape index (κ2) is 12.6. The highest BCUT2D eigenvalue weighted by Gasteiger charge is 2.26. The Morgan fingerprint density at radius 2 is 0.825 bits per heavy atom. The normalized spacial score (nSPS) is 11.9. The summed E-state index contributed by atoms with van der Waals surface area (Å²) in [4.78, 5) is 4.83. The molecular weight excluding hydrogens is 717 g/mol. The third-order valence-electron chi connectivity index (χ3n) is 11.2. The molecule has 5 heteroatoms. The van der Waals surface area contributed by atoms with Crippen LogP contribution in [-0.2, 0) is 0 Å². The highest BCUT2D eigenvalue weighted by molar-refractivity contribution is 7.26. The third-order valence-corrected chi connectivity index (χ3v) is 12.3. The molecular formula is C52H32N2O2S. The number of furan rings is 2. The van der Waals surface area contributed by atoms with Crippen LogP contribution in [0.25, 0.3) is 74.8 Å². The monoisotopic (exact) mass is 748 g/mol. The number of rotatable bonds is 6. The minimum absolute atomic E-state index is 0.854. The molecule has 0 aliphatic heterocycles. The average Bonchev–Trinajstić information content (AvgIpc) is 3.95. The Morgan fingerprint density at radius 3 is 1.46 bits per heavy atom. The molecule has 3 heterocycles. The lowest BCUT2D eigenvalue weighted by molar-refractivity contribution is 0.668. The molecule has 0 N–H and O–H groups in total. The minimum atomic E-state index is 0.854. The first kappa shape index (κ1) is 32.0. The van der Waals surface area contributed by atoms with Gasteiger partial charge in [-0.05, 0) is 95.7 Å². The van der Waals surface area contributed by atoms with Crippen LogP contribution < -0.4 is 9.80 Å². The van der Waals surface area contributed by atoms with Crippen molar-refractivity contribution in [1.82, 2.24) is 0 Å². The Bertz CT molecular complexity index is 3490. The Kier molecular flexibility index (Phi) is 7.06. The number of nitrogens with zero attached hydrogens (tertiary/aromatic N) is 2. The summed E-state index contributed by atoms with van der Waals surface area (Å²) in [6, 6.07) is 69.0. The number of para-hydroxylation sites is 4. The van der Waals surface area contributed by atoms with Crippen molar-refractivity contribution < 1.29 is 8.83 Å². The molecule has 57 heavy (non-hydrogen) atoms. The summed E-state index contributed by atoms with van der Waals surface area (Å²) in [5.74, 6) is 0. The van der Waals surface area contributed by atoms with E-state index in [4.69, 9.17) is 8.83 Å². The molecule has 0 aliphatic carbocycles. The van der Waals surface area contributed by atoms with E-state index < -0.39 is 0 Å². The molecule has 9 aromatic carbocycles. The van der Waals surface area contributed by atoms with Crippen LogP contribution in [0.4, 0.5) is 34.1 Å². The van der Waals surface area contributed by atoms with Crippen LogP contribution in [0.15, 0.2) is 203 Å². The van der Waals surface area contributed by atoms with E-state index >= 15 is 0 Å². The van der Waals surface area contributed by atoms with Gasteiger partial charge in [0.25, 0.3) is 0 Å². The SMILES string of the molecule is c1ccc(N(c2cc(N(c3ccccc3)c3cccc4oc5ccccc5c34)c3c(c2)sc2cc4ccccc4cc23)c2cccc3oc4ccccc4c23)cc1. The van der Waals surface area contributed by atoms with Gasteiger partial charge < -0.3 is 18.6 Å². The summed E-state index contributed by atoms with van der Waals surface area (Å²) in [6.45, 7) is 0. The zero-order chi connectivity index (χ0) is 37.5. The molecule has 0 saturated heterocycles. The van der Waals surface area contributed by atoms with Crippen LogP contribution in [0.1, 0.15) is 0 Å². The van der Waals surface area contributed by atoms with E-state index in [9.17, 15) is 0 Å². The molecule has 0 spiro atoms. The minimum Gasteiger partial charge on any atom is -0.456 e. The van der Waals surface area contributed by atoms with E-state index in [-0.39, 0.29) is 0 Å². The van der Waals surface area contributed by atoms with Crippen LogP contribution >= 0.6 is 11.3 Å². The molecule has 0 saturated carbocycles. The molecule has 0 radical (unpaired) electrons. The Balaban J connectivity index is 1.23. The first-order valence-electron chi connectivity index (χ1n) is 19.2. The van der Waals surface area contributed by atoms with Crippen LogP contribution in [0.5, 0.6) is 0 Å². The molecule has 0 aliphatic rings. The fraction of sp³-hybridized carbons (Fsp3) is 0. The number of anilines is 6. The Labute approximate surface area is 331 Å². The van der Waals surface area contributed by atoms with Crippen molar-refractivity contribution in [2.45, 2.75) is 0 Å². The first-order valence-corrected chi connectivity index (χ1v) is 20.0. The summed E-state index contributed by atoms with van der Waals surface area (Å²) in [5, 5.41) is 9.22. The maximum Gasteiger partial charge on any atom is 0.137 e. The van der Waals surface area contributed by atoms with Crippen LogP contribution in [0.2, 0.25) is 0 Å². The predicted octanol–water partition coefficient (Wildman–Crippen LogP) is 15.9. The fourth-order valence-corrected chi connectivity index (χ4v) is 9.92. The van der Waals surface area contributed by atoms with Gasteiger partial charge in [-0.15, -0.1) is 11.3 Å². The summed E-state index contributed by atoms with van der Waals surface area (Å²) < 4.78 is 15.4. The number of thiophene rings is 1. The number of benzene rings is 9. The largest absolute Gasteiger partial charge is 0.456 e. The zero-order valence-electron chi connectivity index (χ0n) is 30.6. The Morgan fingerprint density at radius 1 is 0.316 bits per heavy atom. The van der Waals surface area contributed by atoms with E-state index in [0.29, 0.717) is 0 Å². The molecule has 268 valence electrons. The molecule has 0 amide bonds. The molecule has 4 nitrogen and oxygen atoms in total. The molecule has 0 fully saturated rings. The smallest absolute Gasteiger partial charge is 0.137 e. The van der Waals surface area contributed by atoms with Crippen molar-refractivity contribution in [2.75, 3.05) is 9.80 Å². The second-order valence-corrected chi connectivity index (χ2v) is 15.6. The van der Waals surface area contributed by atoms with Crippen molar-refractivity contribution in [3.8, 4) is 0 Å². The van der Waals surface area contributed by atoms with Crippen molar-refractivity contribution >= 4 is 120 Å². The number of hydrogen-bond acceptors (Lipinski definition) is 5. The van der Waals surface area contributed by atoms with Crippen LogP contribution in [0, 0.1) is 0 Å². The Hall–Kier alpha value is -7.34. The molecule has 12 aromatic rings. The van der Waals surface area contributed by atoms with Gasteiger partial charge in [0, 0.05) is 48.0 Å². The highest BCUT2D eigenvalue weighted by atomic mass is 32.1. The number of hydrogen-bond donors (Lipinski definition) is 0. The van der Waals surface area contributed by atoms with Gasteiger partial charge >= 0.3 is 0 Å². The summed E-state index contributed by atoms with van der Waals surface area (Å²) in [5.41, 5.74) is 9.80. The number of fused-ring (bicyclic) bond motifs is 10. The average molecular weight is 749 g/mol. The van der Waals surface area contributed by atoms with Crippen molar-refractivity contribution in [1.29, 1.82) is 0 Å². The second-order valence-electron chi connectivity index (χ2n) is 14.5. The quantitative estimate of drug-likeness (QED) is 0.170. The summed E-state index contributed by atoms with van der Waals surface area (Å²) in [6.07, 6.45) is 0. The zero-order valence-corrected chi connectivity index (χ0v) is 31.4. The molecule has 12 rings (SSSR count). The van der Waals surface area contributed by atoms with E-state index in [1.165, 1.54) is 30.9 Å². The summed E-state index contributed by atoms with van der Waals surface area (Å²) >= 11 is 1.85. The lowest BCUT2D eigenvalue weighted by atomic mass is 10.0. The van der Waals surface area contributed by atoms with Gasteiger partial charge in [-0.2, -0.15) is 0 Å². The topological polar surface area (TPSA) is 32.8 Å². The molecule has 0 bridgehead atoms. The standard InChI is InChI=1S/C52H32N2O2S/c1-3-17-35(18-4-1)53(41-23-13-27-46-50(41)38-21-9-11-25-44(38)55-46)37-31-43(52-40-29-33-15-7-8-16-34(33)30-48(40)57-49(52)32-37)54(36-19-5-2-6-20-36)42-24-14-28-47-51(42)39-22-10-12-26-45(39)56-47/h1-32H. The van der Waals surface area contributed by atoms with Crippen molar-refractivity contribution in [2.24, 2.45) is 0 Å². The van der Waals surface area contributed by atoms with Gasteiger partial charge in [-0.25, -0.2) is 0 Å². The van der Waals surface area contributed by atoms with E-state index in [1.54, 1.807) is 0 Å². The maximum absolute atomic E-state index is 6.51. The lowest BCUT2D eigenvalue weighted by Crippen LogP contribution is -2.14. The van der Waals surface area contributed by atoms with E-state index in [0.717, 1.165) is 78.0 Å². The van der Waals surface area contributed by atoms with Crippen molar-refractivity contribution in [3.63, 3.8) is 0 Å². The molecule has 0 unspecified atom stereocenters. The maximum atomic E-state index is 6.51. The molecule has 3 aromatic heterocycles. The molecule has 0 atom stereocenters.